The molecule has 1 aliphatic rings. The van der Waals surface area contributed by atoms with Crippen LogP contribution in [-0.4, -0.2) is 58.5 Å². The molecule has 98 valence electrons. The first kappa shape index (κ1) is 14.0. The van der Waals surface area contributed by atoms with Crippen LogP contribution >= 0.6 is 0 Å². The fourth-order valence-electron chi connectivity index (χ4n) is 1.79. The Bertz CT molecular complexity index is 297. The molecule has 1 fully saturated rings. The molecule has 0 saturated carbocycles. The Balaban J connectivity index is 2.50. The molecule has 1 aliphatic heterocycles. The molecular weight excluding hydrogens is 220 g/mol. The summed E-state index contributed by atoms with van der Waals surface area (Å²) in [5.41, 5.74) is -0.802. The minimum Gasteiger partial charge on any atom is -0.390 e. The Morgan fingerprint density at radius 3 is 2.00 bits per heavy atom. The molecule has 0 aromatic heterocycles. The number of rotatable bonds is 5. The third-order valence-corrected chi connectivity index (χ3v) is 2.84. The van der Waals surface area contributed by atoms with Gasteiger partial charge in [0.2, 0.25) is 11.8 Å². The summed E-state index contributed by atoms with van der Waals surface area (Å²) in [7, 11) is 0. The summed E-state index contributed by atoms with van der Waals surface area (Å²) in [6, 6.07) is 0. The summed E-state index contributed by atoms with van der Waals surface area (Å²) in [4.78, 5) is 26.7. The molecule has 5 nitrogen and oxygen atoms in total. The summed E-state index contributed by atoms with van der Waals surface area (Å²) in [5, 5.41) is 9.60. The second-order valence-corrected chi connectivity index (χ2v) is 5.19. The van der Waals surface area contributed by atoms with Crippen LogP contribution in [0.2, 0.25) is 0 Å². The number of amides is 2. The van der Waals surface area contributed by atoms with Crippen molar-refractivity contribution < 1.29 is 14.7 Å². The zero-order valence-electron chi connectivity index (χ0n) is 10.9. The van der Waals surface area contributed by atoms with Gasteiger partial charge in [-0.3, -0.25) is 9.59 Å². The first-order valence-electron chi connectivity index (χ1n) is 6.11. The third kappa shape index (κ3) is 4.34. The molecule has 0 spiro atoms. The van der Waals surface area contributed by atoms with Gasteiger partial charge in [0.1, 0.15) is 0 Å². The monoisotopic (exact) mass is 242 g/mol. The lowest BCUT2D eigenvalue weighted by Gasteiger charge is -2.34. The number of aliphatic hydroxyl groups is 1. The van der Waals surface area contributed by atoms with Gasteiger partial charge in [-0.15, -0.1) is 0 Å². The van der Waals surface area contributed by atoms with Crippen molar-refractivity contribution in [1.29, 1.82) is 0 Å². The maximum atomic E-state index is 11.8. The Hall–Kier alpha value is -1.10. The second-order valence-electron chi connectivity index (χ2n) is 5.19. The number of nitrogens with zero attached hydrogens (tertiary/aromatic N) is 2. The molecule has 1 saturated heterocycles. The standard InChI is InChI=1S/C12H22N2O3/c1-4-6-13-8-11(16)14(9-10(13)15)7-5-12(2,3)17/h17H,4-9H2,1-3H3. The summed E-state index contributed by atoms with van der Waals surface area (Å²) < 4.78 is 0. The van der Waals surface area contributed by atoms with Crippen molar-refractivity contribution in [3.63, 3.8) is 0 Å². The Labute approximate surface area is 102 Å². The summed E-state index contributed by atoms with van der Waals surface area (Å²) >= 11 is 0. The molecule has 17 heavy (non-hydrogen) atoms. The van der Waals surface area contributed by atoms with Gasteiger partial charge in [-0.25, -0.2) is 0 Å². The van der Waals surface area contributed by atoms with Gasteiger partial charge < -0.3 is 14.9 Å². The van der Waals surface area contributed by atoms with Crippen LogP contribution in [0.25, 0.3) is 0 Å². The predicted octanol–water partition coefficient (Wildman–Crippen LogP) is 0.228. The van der Waals surface area contributed by atoms with Crippen molar-refractivity contribution in [1.82, 2.24) is 9.80 Å². The van der Waals surface area contributed by atoms with Crippen LogP contribution in [0.15, 0.2) is 0 Å². The maximum Gasteiger partial charge on any atom is 0.242 e. The number of carbonyl (C=O) groups is 2. The maximum absolute atomic E-state index is 11.8. The molecule has 1 heterocycles. The van der Waals surface area contributed by atoms with Crippen molar-refractivity contribution in [2.45, 2.75) is 39.2 Å². The number of carbonyl (C=O) groups excluding carboxylic acids is 2. The summed E-state index contributed by atoms with van der Waals surface area (Å²) in [6.45, 7) is 6.79. The normalized spacial score (nSPS) is 17.9. The van der Waals surface area contributed by atoms with Gasteiger partial charge >= 0.3 is 0 Å². The lowest BCUT2D eigenvalue weighted by molar-refractivity contribution is -0.150. The molecule has 0 atom stereocenters. The van der Waals surface area contributed by atoms with Gasteiger partial charge in [0, 0.05) is 13.1 Å². The molecule has 0 bridgehead atoms. The quantitative estimate of drug-likeness (QED) is 0.750. The van der Waals surface area contributed by atoms with Crippen molar-refractivity contribution in [2.24, 2.45) is 0 Å². The van der Waals surface area contributed by atoms with E-state index < -0.39 is 5.60 Å². The predicted molar refractivity (Wildman–Crippen MR) is 64.4 cm³/mol. The van der Waals surface area contributed by atoms with Gasteiger partial charge in [-0.1, -0.05) is 6.92 Å². The number of hydrogen-bond acceptors (Lipinski definition) is 3. The summed E-state index contributed by atoms with van der Waals surface area (Å²) in [5.74, 6) is -0.0236. The minimum atomic E-state index is -0.802. The van der Waals surface area contributed by atoms with E-state index in [2.05, 4.69) is 0 Å². The molecule has 0 unspecified atom stereocenters. The van der Waals surface area contributed by atoms with Crippen LogP contribution in [-0.2, 0) is 9.59 Å². The number of hydrogen-bond donors (Lipinski definition) is 1. The molecule has 0 aromatic carbocycles. The van der Waals surface area contributed by atoms with E-state index in [4.69, 9.17) is 0 Å². The van der Waals surface area contributed by atoms with Crippen molar-refractivity contribution in [2.75, 3.05) is 26.2 Å². The van der Waals surface area contributed by atoms with Crippen LogP contribution in [0, 0.1) is 0 Å². The van der Waals surface area contributed by atoms with Gasteiger partial charge in [0.05, 0.1) is 18.7 Å². The Morgan fingerprint density at radius 1 is 1.12 bits per heavy atom. The highest BCUT2D eigenvalue weighted by Gasteiger charge is 2.29. The molecule has 1 N–H and O–H groups in total. The number of piperazine rings is 1. The Kier molecular flexibility index (Phi) is 4.51. The highest BCUT2D eigenvalue weighted by atomic mass is 16.3. The minimum absolute atomic E-state index is 0.00203. The average molecular weight is 242 g/mol. The zero-order chi connectivity index (χ0) is 13.1. The van der Waals surface area contributed by atoms with Crippen molar-refractivity contribution in [3.8, 4) is 0 Å². The van der Waals surface area contributed by atoms with E-state index in [1.54, 1.807) is 18.7 Å². The molecule has 1 rings (SSSR count). The average Bonchev–Trinajstić information content (AvgIpc) is 2.20. The van der Waals surface area contributed by atoms with E-state index in [0.717, 1.165) is 6.42 Å². The van der Waals surface area contributed by atoms with Gasteiger partial charge in [-0.05, 0) is 26.7 Å². The van der Waals surface area contributed by atoms with E-state index in [1.807, 2.05) is 6.92 Å². The van der Waals surface area contributed by atoms with Crippen molar-refractivity contribution in [3.05, 3.63) is 0 Å². The molecule has 0 aliphatic carbocycles. The van der Waals surface area contributed by atoms with Crippen LogP contribution in [0.3, 0.4) is 0 Å². The molecule has 0 aromatic rings. The lowest BCUT2D eigenvalue weighted by Crippen LogP contribution is -2.54. The lowest BCUT2D eigenvalue weighted by atomic mass is 10.1. The first-order chi connectivity index (χ1) is 7.83. The van der Waals surface area contributed by atoms with Crippen molar-refractivity contribution >= 4 is 11.8 Å². The fraction of sp³-hybridized carbons (Fsp3) is 0.833. The van der Waals surface area contributed by atoms with Crippen LogP contribution < -0.4 is 0 Å². The fourth-order valence-corrected chi connectivity index (χ4v) is 1.79. The second kappa shape index (κ2) is 5.49. The van der Waals surface area contributed by atoms with E-state index in [0.29, 0.717) is 19.5 Å². The van der Waals surface area contributed by atoms with E-state index in [-0.39, 0.29) is 24.9 Å². The Morgan fingerprint density at radius 2 is 1.59 bits per heavy atom. The molecular formula is C12H22N2O3. The van der Waals surface area contributed by atoms with Crippen LogP contribution in [0.5, 0.6) is 0 Å². The largest absolute Gasteiger partial charge is 0.390 e. The van der Waals surface area contributed by atoms with E-state index >= 15 is 0 Å². The van der Waals surface area contributed by atoms with Gasteiger partial charge in [0.25, 0.3) is 0 Å². The first-order valence-corrected chi connectivity index (χ1v) is 6.11. The van der Waals surface area contributed by atoms with Crippen LogP contribution in [0.4, 0.5) is 0 Å². The molecule has 5 heteroatoms. The van der Waals surface area contributed by atoms with E-state index in [1.165, 1.54) is 4.90 Å². The van der Waals surface area contributed by atoms with Crippen LogP contribution in [0.1, 0.15) is 33.6 Å². The zero-order valence-corrected chi connectivity index (χ0v) is 10.9. The smallest absolute Gasteiger partial charge is 0.242 e. The summed E-state index contributed by atoms with van der Waals surface area (Å²) in [6.07, 6.45) is 1.35. The topological polar surface area (TPSA) is 60.9 Å². The highest BCUT2D eigenvalue weighted by Crippen LogP contribution is 2.11. The third-order valence-electron chi connectivity index (χ3n) is 2.84. The highest BCUT2D eigenvalue weighted by molar-refractivity contribution is 5.92. The molecule has 2 amide bonds. The van der Waals surface area contributed by atoms with E-state index in [9.17, 15) is 14.7 Å². The van der Waals surface area contributed by atoms with Gasteiger partial charge in [-0.2, -0.15) is 0 Å². The molecule has 0 radical (unpaired) electrons. The SMILES string of the molecule is CCCN1CC(=O)N(CCC(C)(C)O)CC1=O. The van der Waals surface area contributed by atoms with Gasteiger partial charge in [0.15, 0.2) is 0 Å².